The molecule has 0 heterocycles. The van der Waals surface area contributed by atoms with Crippen molar-refractivity contribution in [1.29, 1.82) is 10.5 Å². The minimum Gasteiger partial charge on any atom is -0.198 e. The zero-order valence-corrected chi connectivity index (χ0v) is 19.1. The number of halogens is 6. The van der Waals surface area contributed by atoms with E-state index < -0.39 is 23.5 Å². The summed E-state index contributed by atoms with van der Waals surface area (Å²) in [6.07, 6.45) is -7.01. The quantitative estimate of drug-likeness (QED) is 0.179. The monoisotopic (exact) mass is 507 g/mol. The Morgan fingerprint density at radius 1 is 0.703 bits per heavy atom. The second kappa shape index (κ2) is 8.35. The predicted molar refractivity (Wildman–Crippen MR) is 125 cm³/mol. The molecule has 9 heteroatoms. The summed E-state index contributed by atoms with van der Waals surface area (Å²) >= 11 is 0. The van der Waals surface area contributed by atoms with Crippen LogP contribution in [0, 0.1) is 22.8 Å². The zero-order chi connectivity index (χ0) is 26.7. The summed E-state index contributed by atoms with van der Waals surface area (Å²) in [5, 5.41) is 18.6. The lowest BCUT2D eigenvalue weighted by atomic mass is 9.92. The van der Waals surface area contributed by atoms with Crippen LogP contribution < -0.4 is 0 Å². The first-order valence-corrected chi connectivity index (χ1v) is 11.2. The van der Waals surface area contributed by atoms with Crippen molar-refractivity contribution in [3.63, 3.8) is 0 Å². The number of fused-ring (bicyclic) bond motifs is 6. The molecular weight excluding hydrogens is 492 g/mol. The lowest BCUT2D eigenvalue weighted by molar-refractivity contribution is -0.138. The molecule has 0 aliphatic heterocycles. The van der Waals surface area contributed by atoms with Crippen LogP contribution in [0.1, 0.15) is 53.1 Å². The molecule has 0 unspecified atom stereocenters. The molecule has 3 aromatic rings. The Labute approximate surface area is 207 Å². The Kier molecular flexibility index (Phi) is 5.49. The van der Waals surface area contributed by atoms with Gasteiger partial charge in [-0.05, 0) is 87.3 Å². The number of hydrogen-bond acceptors (Lipinski definition) is 3. The van der Waals surface area contributed by atoms with Crippen LogP contribution in [0.4, 0.5) is 26.3 Å². The molecule has 0 spiro atoms. The summed E-state index contributed by atoms with van der Waals surface area (Å²) < 4.78 is 81.2. The normalized spacial score (nSPS) is 16.0. The summed E-state index contributed by atoms with van der Waals surface area (Å²) in [4.78, 5) is 3.84. The number of alkyl halides is 6. The van der Waals surface area contributed by atoms with E-state index in [2.05, 4.69) is 11.1 Å². The van der Waals surface area contributed by atoms with Crippen molar-refractivity contribution >= 4 is 11.3 Å². The van der Waals surface area contributed by atoms with Crippen LogP contribution in [-0.4, -0.2) is 5.71 Å². The molecule has 3 aromatic carbocycles. The molecule has 5 rings (SSSR count). The maximum Gasteiger partial charge on any atom is 0.416 e. The van der Waals surface area contributed by atoms with E-state index in [1.165, 1.54) is 12.1 Å². The summed E-state index contributed by atoms with van der Waals surface area (Å²) in [6.45, 7) is 1.83. The minimum absolute atomic E-state index is 0.0404. The zero-order valence-electron chi connectivity index (χ0n) is 19.1. The van der Waals surface area contributed by atoms with Crippen LogP contribution in [0.15, 0.2) is 59.1 Å². The fourth-order valence-electron chi connectivity index (χ4n) is 5.09. The van der Waals surface area contributed by atoms with Crippen molar-refractivity contribution in [2.75, 3.05) is 0 Å². The molecule has 2 aliphatic carbocycles. The van der Waals surface area contributed by atoms with Gasteiger partial charge < -0.3 is 0 Å². The molecule has 0 fully saturated rings. The van der Waals surface area contributed by atoms with Crippen molar-refractivity contribution in [1.82, 2.24) is 0 Å². The summed E-state index contributed by atoms with van der Waals surface area (Å²) in [5.41, 5.74) is 2.83. The second-order valence-corrected chi connectivity index (χ2v) is 8.69. The Balaban J connectivity index is 1.86. The Hall–Kier alpha value is -4.37. The maximum atomic E-state index is 13.6. The lowest BCUT2D eigenvalue weighted by Gasteiger charge is -2.12. The van der Waals surface area contributed by atoms with E-state index in [1.807, 2.05) is 6.92 Å². The van der Waals surface area contributed by atoms with Crippen molar-refractivity contribution in [2.24, 2.45) is 4.99 Å². The third kappa shape index (κ3) is 3.79. The molecule has 0 N–H and O–H groups in total. The van der Waals surface area contributed by atoms with Gasteiger partial charge in [-0.25, -0.2) is 0 Å². The van der Waals surface area contributed by atoms with Crippen LogP contribution in [0.3, 0.4) is 0 Å². The van der Waals surface area contributed by atoms with Crippen LogP contribution >= 0.6 is 0 Å². The average Bonchev–Trinajstić information content (AvgIpc) is 3.32. The Morgan fingerprint density at radius 3 is 1.76 bits per heavy atom. The topological polar surface area (TPSA) is 59.9 Å². The van der Waals surface area contributed by atoms with E-state index in [-0.39, 0.29) is 17.7 Å². The third-order valence-corrected chi connectivity index (χ3v) is 6.72. The second-order valence-electron chi connectivity index (χ2n) is 8.69. The van der Waals surface area contributed by atoms with Crippen LogP contribution in [0.5, 0.6) is 0 Å². The van der Waals surface area contributed by atoms with Gasteiger partial charge in [-0.2, -0.15) is 41.9 Å². The predicted octanol–water partition coefficient (Wildman–Crippen LogP) is 8.13. The summed E-state index contributed by atoms with van der Waals surface area (Å²) in [7, 11) is 0. The minimum atomic E-state index is -4.60. The fourth-order valence-corrected chi connectivity index (χ4v) is 5.09. The van der Waals surface area contributed by atoms with E-state index >= 15 is 0 Å². The molecular formula is C28H15F6N3. The van der Waals surface area contributed by atoms with Gasteiger partial charge in [-0.1, -0.05) is 19.1 Å². The Bertz CT molecular complexity index is 1630. The molecule has 2 aliphatic rings. The number of aliphatic imine (C=N–C) groups is 1. The lowest BCUT2D eigenvalue weighted by Crippen LogP contribution is -2.05. The third-order valence-electron chi connectivity index (χ3n) is 6.72. The van der Waals surface area contributed by atoms with Crippen molar-refractivity contribution in [3.05, 3.63) is 87.5 Å². The standard InChI is InChI=1S/C28H15F6N3/c1-2-14(7-8-35)25-17-5-3-15(27(29,30)31)9-19(17)21-12-24-22(11-23(21)25)20-10-16(28(32,33)34)4-6-18(20)26(24)37-13-36/h3-6,9-12H,2,7H2,1H3/b25-14+,37-26+. The molecule has 37 heavy (non-hydrogen) atoms. The van der Waals surface area contributed by atoms with Gasteiger partial charge in [-0.3, -0.25) is 0 Å². The van der Waals surface area contributed by atoms with Gasteiger partial charge in [0.05, 0.1) is 29.3 Å². The highest BCUT2D eigenvalue weighted by atomic mass is 19.4. The van der Waals surface area contributed by atoms with E-state index in [1.54, 1.807) is 18.3 Å². The molecule has 0 atom stereocenters. The van der Waals surface area contributed by atoms with Gasteiger partial charge in [0.25, 0.3) is 0 Å². The van der Waals surface area contributed by atoms with Gasteiger partial charge in [0.1, 0.15) is 0 Å². The largest absolute Gasteiger partial charge is 0.416 e. The number of benzene rings is 3. The van der Waals surface area contributed by atoms with E-state index in [9.17, 15) is 36.9 Å². The van der Waals surface area contributed by atoms with E-state index in [0.717, 1.165) is 24.3 Å². The smallest absolute Gasteiger partial charge is 0.198 e. The number of rotatable bonds is 2. The van der Waals surface area contributed by atoms with Crippen molar-refractivity contribution in [2.45, 2.75) is 32.1 Å². The van der Waals surface area contributed by atoms with Crippen LogP contribution in [0.25, 0.3) is 27.8 Å². The molecule has 0 saturated carbocycles. The molecule has 3 nitrogen and oxygen atoms in total. The average molecular weight is 507 g/mol. The molecule has 0 aromatic heterocycles. The van der Waals surface area contributed by atoms with Crippen molar-refractivity contribution in [3.8, 4) is 34.5 Å². The first-order valence-electron chi connectivity index (χ1n) is 11.2. The van der Waals surface area contributed by atoms with Gasteiger partial charge >= 0.3 is 12.4 Å². The molecule has 0 radical (unpaired) electrons. The molecule has 0 amide bonds. The first kappa shape index (κ1) is 24.3. The van der Waals surface area contributed by atoms with Gasteiger partial charge in [0, 0.05) is 11.1 Å². The SMILES string of the molecule is CC/C(CC#N)=C1/c2ccc(C(F)(F)F)cc2-c2cc3c(cc21)-c1cc(C(F)(F)F)ccc1/C3=N\C#N. The number of nitrogens with zero attached hydrogens (tertiary/aromatic N) is 3. The fraction of sp³-hybridized carbons (Fsp3) is 0.179. The maximum absolute atomic E-state index is 13.6. The van der Waals surface area contributed by atoms with E-state index in [4.69, 9.17) is 0 Å². The highest BCUT2D eigenvalue weighted by Gasteiger charge is 2.37. The number of nitriles is 2. The van der Waals surface area contributed by atoms with Crippen molar-refractivity contribution < 1.29 is 26.3 Å². The number of allylic oxidation sites excluding steroid dienone is 1. The molecule has 184 valence electrons. The first-order chi connectivity index (χ1) is 17.5. The molecule has 0 bridgehead atoms. The van der Waals surface area contributed by atoms with Gasteiger partial charge in [0.2, 0.25) is 6.19 Å². The van der Waals surface area contributed by atoms with E-state index in [0.29, 0.717) is 56.5 Å². The Morgan fingerprint density at radius 2 is 1.22 bits per heavy atom. The summed E-state index contributed by atoms with van der Waals surface area (Å²) in [6, 6.07) is 11.8. The van der Waals surface area contributed by atoms with Gasteiger partial charge in [0.15, 0.2) is 0 Å². The highest BCUT2D eigenvalue weighted by Crippen LogP contribution is 2.52. The van der Waals surface area contributed by atoms with Crippen LogP contribution in [-0.2, 0) is 12.4 Å². The summed E-state index contributed by atoms with van der Waals surface area (Å²) in [5.74, 6) is 0. The van der Waals surface area contributed by atoms with Crippen LogP contribution in [0.2, 0.25) is 0 Å². The van der Waals surface area contributed by atoms with Gasteiger partial charge in [-0.15, -0.1) is 0 Å². The molecule has 0 saturated heterocycles. The highest BCUT2D eigenvalue weighted by molar-refractivity contribution is 6.26. The number of hydrogen-bond donors (Lipinski definition) is 0.